The van der Waals surface area contributed by atoms with Gasteiger partial charge in [0, 0.05) is 29.8 Å². The summed E-state index contributed by atoms with van der Waals surface area (Å²) in [5.74, 6) is 1.40. The number of para-hydroxylation sites is 1. The minimum atomic E-state index is -0.121. The maximum absolute atomic E-state index is 13.4. The maximum atomic E-state index is 13.4. The monoisotopic (exact) mass is 464 g/mol. The van der Waals surface area contributed by atoms with Crippen molar-refractivity contribution >= 4 is 49.0 Å². The summed E-state index contributed by atoms with van der Waals surface area (Å²) in [7, 11) is 0. The third kappa shape index (κ3) is 3.71. The molecule has 1 aromatic carbocycles. The Balaban J connectivity index is 1.37. The van der Waals surface area contributed by atoms with E-state index in [2.05, 4.69) is 39.0 Å². The summed E-state index contributed by atoms with van der Waals surface area (Å²) in [6, 6.07) is 8.32. The van der Waals surface area contributed by atoms with Crippen LogP contribution in [0.5, 0.6) is 0 Å². The number of nitrogens with zero attached hydrogens (tertiary/aromatic N) is 4. The van der Waals surface area contributed by atoms with Crippen molar-refractivity contribution in [2.45, 2.75) is 58.8 Å². The van der Waals surface area contributed by atoms with Crippen molar-refractivity contribution in [1.29, 1.82) is 0 Å². The van der Waals surface area contributed by atoms with E-state index in [-0.39, 0.29) is 11.3 Å². The Morgan fingerprint density at radius 3 is 2.44 bits per heavy atom. The second kappa shape index (κ2) is 7.89. The largest absolute Gasteiger partial charge is 0.338 e. The molecule has 5 rings (SSSR count). The number of thiophene rings is 1. The van der Waals surface area contributed by atoms with E-state index in [1.54, 1.807) is 11.3 Å². The van der Waals surface area contributed by atoms with E-state index >= 15 is 0 Å². The van der Waals surface area contributed by atoms with Crippen molar-refractivity contribution in [3.8, 4) is 0 Å². The van der Waals surface area contributed by atoms with Gasteiger partial charge in [-0.05, 0) is 44.4 Å². The van der Waals surface area contributed by atoms with Crippen molar-refractivity contribution in [1.82, 2.24) is 19.9 Å². The Morgan fingerprint density at radius 2 is 1.75 bits per heavy atom. The van der Waals surface area contributed by atoms with Crippen LogP contribution in [0.1, 0.15) is 71.3 Å². The predicted molar refractivity (Wildman–Crippen MR) is 133 cm³/mol. The van der Waals surface area contributed by atoms with E-state index in [1.165, 1.54) is 21.0 Å². The molecule has 1 saturated heterocycles. The quantitative estimate of drug-likeness (QED) is 0.353. The third-order valence-corrected chi connectivity index (χ3v) is 8.65. The van der Waals surface area contributed by atoms with E-state index in [9.17, 15) is 4.79 Å². The Bertz CT molecular complexity index is 1290. The zero-order valence-corrected chi connectivity index (χ0v) is 20.9. The summed E-state index contributed by atoms with van der Waals surface area (Å²) < 4.78 is 1.24. The lowest BCUT2D eigenvalue weighted by molar-refractivity contribution is 0.0717. The van der Waals surface area contributed by atoms with Gasteiger partial charge in [0.15, 0.2) is 0 Å². The standard InChI is InChI=1S/C25H28N4OS2/c1-14-19-15(2)26-24(25(3,4)5)28-22(19)32-20(14)23(30)29-12-10-16(11-13-29)21-27-17-8-6-7-9-18(17)31-21/h6-9,16H,10-13H2,1-5H3. The highest BCUT2D eigenvalue weighted by Gasteiger charge is 2.29. The Hall–Kier alpha value is -2.38. The minimum Gasteiger partial charge on any atom is -0.338 e. The van der Waals surface area contributed by atoms with Gasteiger partial charge in [-0.2, -0.15) is 0 Å². The summed E-state index contributed by atoms with van der Waals surface area (Å²) >= 11 is 3.31. The number of rotatable bonds is 2. The molecule has 0 saturated carbocycles. The van der Waals surface area contributed by atoms with E-state index in [0.717, 1.165) is 63.6 Å². The molecule has 4 heterocycles. The van der Waals surface area contributed by atoms with Gasteiger partial charge in [-0.3, -0.25) is 4.79 Å². The second-order valence-electron chi connectivity index (χ2n) is 9.71. The number of benzene rings is 1. The topological polar surface area (TPSA) is 59.0 Å². The molecule has 7 heteroatoms. The molecule has 32 heavy (non-hydrogen) atoms. The smallest absolute Gasteiger partial charge is 0.264 e. The van der Waals surface area contributed by atoms with Crippen LogP contribution in [0.15, 0.2) is 24.3 Å². The molecule has 0 aliphatic carbocycles. The van der Waals surface area contributed by atoms with Crippen molar-refractivity contribution < 1.29 is 4.79 Å². The minimum absolute atomic E-state index is 0.121. The molecular formula is C25H28N4OS2. The van der Waals surface area contributed by atoms with Gasteiger partial charge in [0.25, 0.3) is 5.91 Å². The molecule has 4 aromatic rings. The average molecular weight is 465 g/mol. The van der Waals surface area contributed by atoms with E-state index in [4.69, 9.17) is 15.0 Å². The molecule has 1 aliphatic heterocycles. The Morgan fingerprint density at radius 1 is 1.03 bits per heavy atom. The average Bonchev–Trinajstić information content (AvgIpc) is 3.34. The summed E-state index contributed by atoms with van der Waals surface area (Å²) in [5.41, 5.74) is 2.94. The SMILES string of the molecule is Cc1nc(C(C)(C)C)nc2sc(C(=O)N3CCC(c4nc5ccccc5s4)CC3)c(C)c12. The van der Waals surface area contributed by atoms with E-state index in [0.29, 0.717) is 5.92 Å². The number of thiazole rings is 1. The van der Waals surface area contributed by atoms with Gasteiger partial charge in [-0.25, -0.2) is 15.0 Å². The number of carbonyl (C=O) groups is 1. The first-order valence-corrected chi connectivity index (χ1v) is 12.8. The molecule has 0 atom stereocenters. The molecule has 5 nitrogen and oxygen atoms in total. The molecule has 3 aromatic heterocycles. The fraction of sp³-hybridized carbons (Fsp3) is 0.440. The van der Waals surface area contributed by atoms with Crippen LogP contribution in [-0.2, 0) is 5.41 Å². The molecular weight excluding hydrogens is 436 g/mol. The molecule has 0 bridgehead atoms. The van der Waals surface area contributed by atoms with Crippen molar-refractivity contribution in [2.75, 3.05) is 13.1 Å². The van der Waals surface area contributed by atoms with Gasteiger partial charge in [0.2, 0.25) is 0 Å². The lowest BCUT2D eigenvalue weighted by atomic mass is 9.95. The fourth-order valence-electron chi connectivity index (χ4n) is 4.42. The van der Waals surface area contributed by atoms with Gasteiger partial charge >= 0.3 is 0 Å². The maximum Gasteiger partial charge on any atom is 0.264 e. The van der Waals surface area contributed by atoms with Crippen molar-refractivity contribution in [2.24, 2.45) is 0 Å². The Labute approximate surface area is 196 Å². The highest BCUT2D eigenvalue weighted by Crippen LogP contribution is 2.37. The zero-order valence-electron chi connectivity index (χ0n) is 19.2. The van der Waals surface area contributed by atoms with Crippen LogP contribution in [0, 0.1) is 13.8 Å². The molecule has 1 fully saturated rings. The van der Waals surface area contributed by atoms with Gasteiger partial charge in [0.1, 0.15) is 10.7 Å². The van der Waals surface area contributed by atoms with Crippen LogP contribution in [-0.4, -0.2) is 38.8 Å². The number of aromatic nitrogens is 3. The number of aryl methyl sites for hydroxylation is 2. The zero-order chi connectivity index (χ0) is 22.6. The molecule has 0 unspecified atom stereocenters. The van der Waals surface area contributed by atoms with Crippen LogP contribution in [0.3, 0.4) is 0 Å². The van der Waals surface area contributed by atoms with Gasteiger partial charge in [-0.1, -0.05) is 32.9 Å². The van der Waals surface area contributed by atoms with Crippen molar-refractivity contribution in [3.05, 3.63) is 51.2 Å². The summed E-state index contributed by atoms with van der Waals surface area (Å²) in [5, 5.41) is 2.24. The highest BCUT2D eigenvalue weighted by molar-refractivity contribution is 7.20. The summed E-state index contributed by atoms with van der Waals surface area (Å²) in [4.78, 5) is 31.6. The predicted octanol–water partition coefficient (Wildman–Crippen LogP) is 6.24. The van der Waals surface area contributed by atoms with E-state index < -0.39 is 0 Å². The third-order valence-electron chi connectivity index (χ3n) is 6.28. The van der Waals surface area contributed by atoms with Gasteiger partial charge in [0.05, 0.1) is 25.8 Å². The molecule has 166 valence electrons. The second-order valence-corrected chi connectivity index (χ2v) is 11.8. The van der Waals surface area contributed by atoms with E-state index in [1.807, 2.05) is 24.8 Å². The number of amides is 1. The van der Waals surface area contributed by atoms with Crippen LogP contribution < -0.4 is 0 Å². The highest BCUT2D eigenvalue weighted by atomic mass is 32.1. The van der Waals surface area contributed by atoms with Gasteiger partial charge < -0.3 is 4.90 Å². The fourth-order valence-corrected chi connectivity index (χ4v) is 6.75. The number of fused-ring (bicyclic) bond motifs is 2. The number of piperidine rings is 1. The Kier molecular flexibility index (Phi) is 5.29. The van der Waals surface area contributed by atoms with Crippen LogP contribution in [0.25, 0.3) is 20.4 Å². The normalized spacial score (nSPS) is 15.7. The first-order valence-electron chi connectivity index (χ1n) is 11.2. The summed E-state index contributed by atoms with van der Waals surface area (Å²) in [6.07, 6.45) is 1.92. The van der Waals surface area contributed by atoms with Crippen LogP contribution >= 0.6 is 22.7 Å². The number of hydrogen-bond acceptors (Lipinski definition) is 6. The first-order chi connectivity index (χ1) is 15.2. The molecule has 1 amide bonds. The molecule has 1 aliphatic rings. The molecule has 0 radical (unpaired) electrons. The van der Waals surface area contributed by atoms with Crippen LogP contribution in [0.2, 0.25) is 0 Å². The summed E-state index contributed by atoms with van der Waals surface area (Å²) in [6.45, 7) is 12.0. The first kappa shape index (κ1) is 21.5. The van der Waals surface area contributed by atoms with Crippen molar-refractivity contribution in [3.63, 3.8) is 0 Å². The van der Waals surface area contributed by atoms with Crippen LogP contribution in [0.4, 0.5) is 0 Å². The van der Waals surface area contributed by atoms with Gasteiger partial charge in [-0.15, -0.1) is 22.7 Å². The lowest BCUT2D eigenvalue weighted by Crippen LogP contribution is -2.37. The molecule has 0 spiro atoms. The molecule has 0 N–H and O–H groups in total. The number of carbonyl (C=O) groups excluding carboxylic acids is 1. The lowest BCUT2D eigenvalue weighted by Gasteiger charge is -2.31. The number of likely N-dealkylation sites (tertiary alicyclic amines) is 1. The number of hydrogen-bond donors (Lipinski definition) is 0.